The van der Waals surface area contributed by atoms with Crippen molar-refractivity contribution in [3.63, 3.8) is 0 Å². The Bertz CT molecular complexity index is 296. The lowest BCUT2D eigenvalue weighted by molar-refractivity contribution is -0.0996. The summed E-state index contributed by atoms with van der Waals surface area (Å²) in [5.74, 6) is 0. The Morgan fingerprint density at radius 1 is 1.67 bits per heavy atom. The third-order valence-corrected chi connectivity index (χ3v) is 3.64. The average molecular weight is 227 g/mol. The van der Waals surface area contributed by atoms with E-state index in [0.29, 0.717) is 6.54 Å². The third kappa shape index (κ3) is 2.78. The van der Waals surface area contributed by atoms with E-state index in [0.717, 1.165) is 24.6 Å². The summed E-state index contributed by atoms with van der Waals surface area (Å²) in [5.41, 5.74) is 0.273. The Morgan fingerprint density at radius 3 is 3.00 bits per heavy atom. The fraction of sp³-hybridized carbons (Fsp3) is 0.636. The maximum atomic E-state index is 9.81. The number of rotatable bonds is 5. The number of hydrogen-bond donors (Lipinski definition) is 2. The minimum atomic E-state index is -0.380. The van der Waals surface area contributed by atoms with E-state index >= 15 is 0 Å². The van der Waals surface area contributed by atoms with Crippen LogP contribution in [0.2, 0.25) is 0 Å². The number of thiophene rings is 1. The smallest absolute Gasteiger partial charge is 0.101 e. The summed E-state index contributed by atoms with van der Waals surface area (Å²) in [5, 5.41) is 15.1. The molecule has 1 saturated heterocycles. The molecule has 0 spiro atoms. The van der Waals surface area contributed by atoms with Gasteiger partial charge in [0.1, 0.15) is 6.10 Å². The Kier molecular flexibility index (Phi) is 3.41. The van der Waals surface area contributed by atoms with Crippen molar-refractivity contribution < 1.29 is 9.84 Å². The fourth-order valence-corrected chi connectivity index (χ4v) is 2.36. The quantitative estimate of drug-likeness (QED) is 0.799. The van der Waals surface area contributed by atoms with Gasteiger partial charge in [-0.2, -0.15) is 0 Å². The maximum Gasteiger partial charge on any atom is 0.101 e. The van der Waals surface area contributed by atoms with Crippen LogP contribution in [0.15, 0.2) is 17.5 Å². The molecular formula is C11H17NO2S. The third-order valence-electron chi connectivity index (χ3n) is 2.66. The second-order valence-electron chi connectivity index (χ2n) is 4.47. The fourth-order valence-electron chi connectivity index (χ4n) is 1.64. The SMILES string of the molecule is CC1(CNCC(O)c2cccs2)COC1. The molecular weight excluding hydrogens is 210 g/mol. The number of ether oxygens (including phenoxy) is 1. The number of aliphatic hydroxyl groups is 1. The van der Waals surface area contributed by atoms with Crippen LogP contribution in [0.1, 0.15) is 17.9 Å². The van der Waals surface area contributed by atoms with E-state index in [4.69, 9.17) is 4.74 Å². The summed E-state index contributed by atoms with van der Waals surface area (Å²) in [6, 6.07) is 3.93. The molecule has 1 aromatic heterocycles. The van der Waals surface area contributed by atoms with Crippen LogP contribution in [0.25, 0.3) is 0 Å². The van der Waals surface area contributed by atoms with Gasteiger partial charge in [-0.3, -0.25) is 0 Å². The largest absolute Gasteiger partial charge is 0.386 e. The molecule has 3 nitrogen and oxygen atoms in total. The van der Waals surface area contributed by atoms with Crippen LogP contribution in [0, 0.1) is 5.41 Å². The van der Waals surface area contributed by atoms with Crippen molar-refractivity contribution >= 4 is 11.3 Å². The highest BCUT2D eigenvalue weighted by Gasteiger charge is 2.32. The van der Waals surface area contributed by atoms with Crippen molar-refractivity contribution in [3.05, 3.63) is 22.4 Å². The zero-order valence-electron chi connectivity index (χ0n) is 8.90. The van der Waals surface area contributed by atoms with Gasteiger partial charge in [-0.25, -0.2) is 0 Å². The summed E-state index contributed by atoms with van der Waals surface area (Å²) in [7, 11) is 0. The molecule has 0 aromatic carbocycles. The van der Waals surface area contributed by atoms with E-state index < -0.39 is 0 Å². The van der Waals surface area contributed by atoms with Gasteiger partial charge in [-0.15, -0.1) is 11.3 Å². The first kappa shape index (κ1) is 11.1. The minimum absolute atomic E-state index is 0.273. The van der Waals surface area contributed by atoms with E-state index in [1.807, 2.05) is 17.5 Å². The predicted octanol–water partition coefficient (Wildman–Crippen LogP) is 1.41. The Hall–Kier alpha value is -0.420. The van der Waals surface area contributed by atoms with Gasteiger partial charge in [0.2, 0.25) is 0 Å². The lowest BCUT2D eigenvalue weighted by Crippen LogP contribution is -2.47. The zero-order valence-corrected chi connectivity index (χ0v) is 9.72. The minimum Gasteiger partial charge on any atom is -0.386 e. The molecule has 0 saturated carbocycles. The zero-order chi connectivity index (χ0) is 10.7. The predicted molar refractivity (Wildman–Crippen MR) is 61.1 cm³/mol. The molecule has 2 heterocycles. The first-order chi connectivity index (χ1) is 7.20. The van der Waals surface area contributed by atoms with Crippen LogP contribution in [0.5, 0.6) is 0 Å². The summed E-state index contributed by atoms with van der Waals surface area (Å²) < 4.78 is 5.17. The van der Waals surface area contributed by atoms with Crippen LogP contribution in [0.4, 0.5) is 0 Å². The highest BCUT2D eigenvalue weighted by molar-refractivity contribution is 7.10. The summed E-state index contributed by atoms with van der Waals surface area (Å²) in [6.45, 7) is 5.39. The Morgan fingerprint density at radius 2 is 2.47 bits per heavy atom. The van der Waals surface area contributed by atoms with E-state index in [1.165, 1.54) is 0 Å². The van der Waals surface area contributed by atoms with Gasteiger partial charge in [-0.05, 0) is 11.4 Å². The van der Waals surface area contributed by atoms with Crippen LogP contribution in [0.3, 0.4) is 0 Å². The molecule has 1 unspecified atom stereocenters. The number of nitrogens with one attached hydrogen (secondary N) is 1. The van der Waals surface area contributed by atoms with Crippen LogP contribution in [-0.4, -0.2) is 31.4 Å². The van der Waals surface area contributed by atoms with Gasteiger partial charge in [-0.1, -0.05) is 13.0 Å². The van der Waals surface area contributed by atoms with Crippen molar-refractivity contribution in [2.45, 2.75) is 13.0 Å². The molecule has 1 aliphatic heterocycles. The summed E-state index contributed by atoms with van der Waals surface area (Å²) >= 11 is 1.59. The topological polar surface area (TPSA) is 41.5 Å². The molecule has 0 radical (unpaired) electrons. The van der Waals surface area contributed by atoms with E-state index in [1.54, 1.807) is 11.3 Å². The maximum absolute atomic E-state index is 9.81. The molecule has 0 amide bonds. The normalized spacial score (nSPS) is 20.9. The molecule has 4 heteroatoms. The van der Waals surface area contributed by atoms with Crippen LogP contribution >= 0.6 is 11.3 Å². The molecule has 0 bridgehead atoms. The number of aliphatic hydroxyl groups excluding tert-OH is 1. The summed E-state index contributed by atoms with van der Waals surface area (Å²) in [4.78, 5) is 1.03. The van der Waals surface area contributed by atoms with Crippen LogP contribution in [-0.2, 0) is 4.74 Å². The molecule has 1 aromatic rings. The van der Waals surface area contributed by atoms with Crippen molar-refractivity contribution in [1.82, 2.24) is 5.32 Å². The van der Waals surface area contributed by atoms with Crippen LogP contribution < -0.4 is 5.32 Å². The lowest BCUT2D eigenvalue weighted by atomic mass is 9.89. The van der Waals surface area contributed by atoms with Crippen molar-refractivity contribution in [2.24, 2.45) is 5.41 Å². The second kappa shape index (κ2) is 4.61. The van der Waals surface area contributed by atoms with Crippen molar-refractivity contribution in [2.75, 3.05) is 26.3 Å². The Balaban J connectivity index is 1.69. The van der Waals surface area contributed by atoms with Crippen molar-refractivity contribution in [3.8, 4) is 0 Å². The molecule has 2 rings (SSSR count). The van der Waals surface area contributed by atoms with Gasteiger partial charge in [0.25, 0.3) is 0 Å². The monoisotopic (exact) mass is 227 g/mol. The van der Waals surface area contributed by atoms with Gasteiger partial charge in [0.15, 0.2) is 0 Å². The van der Waals surface area contributed by atoms with Gasteiger partial charge in [0, 0.05) is 23.4 Å². The summed E-state index contributed by atoms with van der Waals surface area (Å²) in [6.07, 6.45) is -0.380. The average Bonchev–Trinajstić information content (AvgIpc) is 2.67. The Labute approximate surface area is 94.1 Å². The molecule has 1 aliphatic rings. The highest BCUT2D eigenvalue weighted by Crippen LogP contribution is 2.25. The van der Waals surface area contributed by atoms with E-state index in [-0.39, 0.29) is 11.5 Å². The van der Waals surface area contributed by atoms with E-state index in [2.05, 4.69) is 12.2 Å². The first-order valence-electron chi connectivity index (χ1n) is 5.20. The van der Waals surface area contributed by atoms with Crippen molar-refractivity contribution in [1.29, 1.82) is 0 Å². The second-order valence-corrected chi connectivity index (χ2v) is 5.44. The van der Waals surface area contributed by atoms with Gasteiger partial charge >= 0.3 is 0 Å². The molecule has 1 fully saturated rings. The molecule has 15 heavy (non-hydrogen) atoms. The van der Waals surface area contributed by atoms with E-state index in [9.17, 15) is 5.11 Å². The first-order valence-corrected chi connectivity index (χ1v) is 6.08. The standard InChI is InChI=1S/C11H17NO2S/c1-11(7-14-8-11)6-12-5-9(13)10-3-2-4-15-10/h2-4,9,12-13H,5-8H2,1H3. The molecule has 84 valence electrons. The molecule has 2 N–H and O–H groups in total. The molecule has 0 aliphatic carbocycles. The van der Waals surface area contributed by atoms with Gasteiger partial charge < -0.3 is 15.2 Å². The molecule has 1 atom stereocenters. The van der Waals surface area contributed by atoms with Gasteiger partial charge in [0.05, 0.1) is 13.2 Å². The number of hydrogen-bond acceptors (Lipinski definition) is 4. The lowest BCUT2D eigenvalue weighted by Gasteiger charge is -2.38. The highest BCUT2D eigenvalue weighted by atomic mass is 32.1.